The Morgan fingerprint density at radius 2 is 2.04 bits per heavy atom. The number of aromatic nitrogens is 2. The lowest BCUT2D eigenvalue weighted by molar-refractivity contribution is 0.0741. The minimum atomic E-state index is -3.06. The molecule has 0 radical (unpaired) electrons. The van der Waals surface area contributed by atoms with Crippen LogP contribution in [0.2, 0.25) is 5.02 Å². The molecular formula is C17H19ClN4O3S. The molecule has 1 aliphatic heterocycles. The van der Waals surface area contributed by atoms with Gasteiger partial charge in [0.05, 0.1) is 11.5 Å². The maximum atomic E-state index is 12.6. The van der Waals surface area contributed by atoms with Crippen LogP contribution in [-0.2, 0) is 16.4 Å². The van der Waals surface area contributed by atoms with E-state index in [-0.39, 0.29) is 29.1 Å². The van der Waals surface area contributed by atoms with Gasteiger partial charge in [-0.2, -0.15) is 0 Å². The van der Waals surface area contributed by atoms with Crippen LogP contribution in [0, 0.1) is 0 Å². The molecule has 1 aromatic carbocycles. The zero-order valence-electron chi connectivity index (χ0n) is 14.2. The van der Waals surface area contributed by atoms with Crippen LogP contribution in [0.4, 0.5) is 5.95 Å². The van der Waals surface area contributed by atoms with Gasteiger partial charge in [0.1, 0.15) is 5.69 Å². The molecule has 1 amide bonds. The van der Waals surface area contributed by atoms with E-state index in [4.69, 9.17) is 11.6 Å². The summed E-state index contributed by atoms with van der Waals surface area (Å²) in [6.45, 7) is 0.492. The molecular weight excluding hydrogens is 376 g/mol. The second-order valence-electron chi connectivity index (χ2n) is 6.22. The van der Waals surface area contributed by atoms with Crippen LogP contribution in [0.25, 0.3) is 0 Å². The first kappa shape index (κ1) is 18.6. The van der Waals surface area contributed by atoms with Crippen LogP contribution in [-0.4, -0.2) is 53.8 Å². The van der Waals surface area contributed by atoms with Crippen molar-refractivity contribution in [1.29, 1.82) is 0 Å². The van der Waals surface area contributed by atoms with Crippen LogP contribution < -0.4 is 5.32 Å². The summed E-state index contributed by atoms with van der Waals surface area (Å²) in [6, 6.07) is 8.58. The molecule has 7 nitrogen and oxygen atoms in total. The van der Waals surface area contributed by atoms with Gasteiger partial charge >= 0.3 is 0 Å². The summed E-state index contributed by atoms with van der Waals surface area (Å²) >= 11 is 5.86. The predicted octanol–water partition coefficient (Wildman–Crippen LogP) is 2.00. The van der Waals surface area contributed by atoms with Gasteiger partial charge in [-0.15, -0.1) is 0 Å². The molecule has 1 unspecified atom stereocenters. The monoisotopic (exact) mass is 394 g/mol. The van der Waals surface area contributed by atoms with Gasteiger partial charge in [-0.1, -0.05) is 23.7 Å². The fraction of sp³-hybridized carbons (Fsp3) is 0.353. The topological polar surface area (TPSA) is 92.3 Å². The third-order valence-electron chi connectivity index (χ3n) is 4.32. The first-order valence-electron chi connectivity index (χ1n) is 8.13. The Labute approximate surface area is 157 Å². The van der Waals surface area contributed by atoms with Gasteiger partial charge in [0, 0.05) is 30.9 Å². The van der Waals surface area contributed by atoms with Crippen LogP contribution >= 0.6 is 11.6 Å². The van der Waals surface area contributed by atoms with Gasteiger partial charge < -0.3 is 10.2 Å². The molecule has 0 bridgehead atoms. The Kier molecular flexibility index (Phi) is 5.43. The number of anilines is 1. The van der Waals surface area contributed by atoms with Gasteiger partial charge in [-0.05, 0) is 30.2 Å². The molecule has 26 heavy (non-hydrogen) atoms. The van der Waals surface area contributed by atoms with Crippen molar-refractivity contribution in [3.05, 3.63) is 52.8 Å². The zero-order valence-corrected chi connectivity index (χ0v) is 15.8. The molecule has 1 N–H and O–H groups in total. The number of sulfone groups is 1. The molecule has 3 rings (SSSR count). The molecule has 0 aliphatic carbocycles. The number of carbonyl (C=O) groups excluding carboxylic acids is 1. The van der Waals surface area contributed by atoms with E-state index in [0.717, 1.165) is 5.56 Å². The molecule has 138 valence electrons. The number of halogens is 1. The average molecular weight is 395 g/mol. The summed E-state index contributed by atoms with van der Waals surface area (Å²) < 4.78 is 23.2. The summed E-state index contributed by atoms with van der Waals surface area (Å²) in [7, 11) is -1.45. The number of nitrogens with one attached hydrogen (secondary N) is 1. The van der Waals surface area contributed by atoms with Crippen molar-refractivity contribution in [2.45, 2.75) is 19.0 Å². The van der Waals surface area contributed by atoms with E-state index >= 15 is 0 Å². The number of benzene rings is 1. The van der Waals surface area contributed by atoms with E-state index in [1.165, 1.54) is 17.2 Å². The van der Waals surface area contributed by atoms with E-state index in [1.54, 1.807) is 19.2 Å². The maximum Gasteiger partial charge on any atom is 0.272 e. The van der Waals surface area contributed by atoms with Crippen LogP contribution in [0.3, 0.4) is 0 Å². The van der Waals surface area contributed by atoms with Crippen molar-refractivity contribution in [2.24, 2.45) is 0 Å². The number of hydrogen-bond acceptors (Lipinski definition) is 6. The van der Waals surface area contributed by atoms with E-state index in [0.29, 0.717) is 23.9 Å². The smallest absolute Gasteiger partial charge is 0.272 e. The summed E-state index contributed by atoms with van der Waals surface area (Å²) in [5, 5.41) is 3.73. The van der Waals surface area contributed by atoms with Gasteiger partial charge in [0.2, 0.25) is 5.95 Å². The highest BCUT2D eigenvalue weighted by molar-refractivity contribution is 7.91. The van der Waals surface area contributed by atoms with Crippen molar-refractivity contribution < 1.29 is 13.2 Å². The van der Waals surface area contributed by atoms with Gasteiger partial charge in [0.25, 0.3) is 5.91 Å². The van der Waals surface area contributed by atoms with E-state index in [9.17, 15) is 13.2 Å². The normalized spacial score (nSPS) is 18.5. The fourth-order valence-electron chi connectivity index (χ4n) is 2.77. The summed E-state index contributed by atoms with van der Waals surface area (Å²) in [6.07, 6.45) is 1.96. The maximum absolute atomic E-state index is 12.6. The summed E-state index contributed by atoms with van der Waals surface area (Å²) in [4.78, 5) is 22.4. The molecule has 1 aliphatic rings. The number of rotatable bonds is 5. The first-order valence-corrected chi connectivity index (χ1v) is 10.3. The van der Waals surface area contributed by atoms with Crippen LogP contribution in [0.5, 0.6) is 0 Å². The number of amides is 1. The van der Waals surface area contributed by atoms with Crippen molar-refractivity contribution >= 4 is 33.3 Å². The molecule has 2 aromatic rings. The van der Waals surface area contributed by atoms with E-state index in [2.05, 4.69) is 15.3 Å². The lowest BCUT2D eigenvalue weighted by atomic mass is 10.2. The number of hydrogen-bond donors (Lipinski definition) is 1. The van der Waals surface area contributed by atoms with E-state index in [1.807, 2.05) is 12.1 Å². The Morgan fingerprint density at radius 1 is 1.31 bits per heavy atom. The number of carbonyl (C=O) groups is 1. The average Bonchev–Trinajstić information content (AvgIpc) is 3.00. The molecule has 1 saturated heterocycles. The van der Waals surface area contributed by atoms with Crippen molar-refractivity contribution in [3.63, 3.8) is 0 Å². The van der Waals surface area contributed by atoms with Crippen LogP contribution in [0.1, 0.15) is 22.5 Å². The fourth-order valence-corrected chi connectivity index (χ4v) is 4.67. The zero-order chi connectivity index (χ0) is 18.7. The molecule has 0 saturated carbocycles. The largest absolute Gasteiger partial charge is 0.350 e. The Morgan fingerprint density at radius 3 is 2.69 bits per heavy atom. The second-order valence-corrected chi connectivity index (χ2v) is 8.88. The Balaban J connectivity index is 1.66. The third-order valence-corrected chi connectivity index (χ3v) is 6.32. The summed E-state index contributed by atoms with van der Waals surface area (Å²) in [5.41, 5.74) is 1.23. The van der Waals surface area contributed by atoms with Crippen LogP contribution in [0.15, 0.2) is 36.5 Å². The third kappa shape index (κ3) is 4.50. The standard InChI is InChI=1S/C17H19ClN4O3S/c1-22(14-7-9-26(24,25)11-14)16(23)15-6-8-19-17(21-15)20-10-12-2-4-13(18)5-3-12/h2-6,8,14H,7,9-11H2,1H3,(H,19,20,21). The van der Waals surface area contributed by atoms with Crippen molar-refractivity contribution in [3.8, 4) is 0 Å². The molecule has 1 fully saturated rings. The number of nitrogens with zero attached hydrogens (tertiary/aromatic N) is 3. The highest BCUT2D eigenvalue weighted by atomic mass is 35.5. The molecule has 9 heteroatoms. The predicted molar refractivity (Wildman–Crippen MR) is 100.0 cm³/mol. The molecule has 0 spiro atoms. The lowest BCUT2D eigenvalue weighted by Crippen LogP contribution is -2.38. The van der Waals surface area contributed by atoms with E-state index < -0.39 is 9.84 Å². The Bertz CT molecular complexity index is 902. The van der Waals surface area contributed by atoms with Gasteiger partial charge in [0.15, 0.2) is 9.84 Å². The quantitative estimate of drug-likeness (QED) is 0.833. The molecule has 1 aromatic heterocycles. The first-order chi connectivity index (χ1) is 12.3. The highest BCUT2D eigenvalue weighted by Crippen LogP contribution is 2.18. The second kappa shape index (κ2) is 7.59. The minimum absolute atomic E-state index is 0.00198. The minimum Gasteiger partial charge on any atom is -0.350 e. The van der Waals surface area contributed by atoms with Crippen molar-refractivity contribution in [1.82, 2.24) is 14.9 Å². The summed E-state index contributed by atoms with van der Waals surface area (Å²) in [5.74, 6) is 0.136. The molecule has 1 atom stereocenters. The van der Waals surface area contributed by atoms with Gasteiger partial charge in [-0.25, -0.2) is 18.4 Å². The molecule has 2 heterocycles. The lowest BCUT2D eigenvalue weighted by Gasteiger charge is -2.23. The van der Waals surface area contributed by atoms with Gasteiger partial charge in [-0.3, -0.25) is 4.79 Å². The Hall–Kier alpha value is -2.19. The van der Waals surface area contributed by atoms with Crippen molar-refractivity contribution in [2.75, 3.05) is 23.9 Å². The SMILES string of the molecule is CN(C(=O)c1ccnc(NCc2ccc(Cl)cc2)n1)C1CCS(=O)(=O)C1. The highest BCUT2D eigenvalue weighted by Gasteiger charge is 2.33.